The summed E-state index contributed by atoms with van der Waals surface area (Å²) < 4.78 is 29.5. The lowest BCUT2D eigenvalue weighted by Gasteiger charge is -2.05. The van der Waals surface area contributed by atoms with Gasteiger partial charge in [0.15, 0.2) is 5.69 Å². The van der Waals surface area contributed by atoms with Gasteiger partial charge in [-0.1, -0.05) is 0 Å². The highest BCUT2D eigenvalue weighted by atomic mass is 127. The van der Waals surface area contributed by atoms with Crippen molar-refractivity contribution in [1.29, 1.82) is 0 Å². The molecule has 1 heterocycles. The third-order valence-electron chi connectivity index (χ3n) is 1.98. The summed E-state index contributed by atoms with van der Waals surface area (Å²) in [5, 5.41) is 10.7. The van der Waals surface area contributed by atoms with Gasteiger partial charge in [0.2, 0.25) is 0 Å². The Labute approximate surface area is 114 Å². The molecule has 0 aromatic carbocycles. The first-order valence-electron chi connectivity index (χ1n) is 4.55. The van der Waals surface area contributed by atoms with Crippen LogP contribution >= 0.6 is 22.6 Å². The highest BCUT2D eigenvalue weighted by Gasteiger charge is 2.26. The van der Waals surface area contributed by atoms with E-state index in [9.17, 15) is 23.7 Å². The zero-order valence-corrected chi connectivity index (χ0v) is 11.2. The molecular weight excluding hydrogens is 365 g/mol. The predicted molar refractivity (Wildman–Crippen MR) is 64.3 cm³/mol. The van der Waals surface area contributed by atoms with Crippen molar-refractivity contribution in [2.45, 2.75) is 12.8 Å². The Kier molecular flexibility index (Phi) is 4.87. The summed E-state index contributed by atoms with van der Waals surface area (Å²) in [6.07, 6.45) is -3.27. The van der Waals surface area contributed by atoms with Gasteiger partial charge in [0.25, 0.3) is 6.43 Å². The van der Waals surface area contributed by atoms with Crippen molar-refractivity contribution in [2.75, 3.05) is 7.11 Å². The standard InChI is InChI=1S/C9H7F2IN2O4/c1-18-6(15)3-4-2-5(8(10)11)7(12)9(13-4)14(16)17/h2,8H,3H2,1H3. The minimum absolute atomic E-state index is 0.121. The third kappa shape index (κ3) is 3.31. The van der Waals surface area contributed by atoms with Gasteiger partial charge in [-0.15, -0.1) is 0 Å². The van der Waals surface area contributed by atoms with Crippen molar-refractivity contribution in [3.05, 3.63) is 31.0 Å². The average molecular weight is 372 g/mol. The maximum absolute atomic E-state index is 12.7. The fourth-order valence-corrected chi connectivity index (χ4v) is 1.89. The maximum Gasteiger partial charge on any atom is 0.377 e. The number of hydrogen-bond acceptors (Lipinski definition) is 5. The zero-order valence-electron chi connectivity index (χ0n) is 9.02. The van der Waals surface area contributed by atoms with Gasteiger partial charge in [0, 0.05) is 5.56 Å². The molecule has 0 aliphatic carbocycles. The van der Waals surface area contributed by atoms with Gasteiger partial charge in [-0.05, 0) is 38.6 Å². The number of carbonyl (C=O) groups is 1. The molecule has 0 spiro atoms. The van der Waals surface area contributed by atoms with Crippen LogP contribution in [0.3, 0.4) is 0 Å². The highest BCUT2D eigenvalue weighted by molar-refractivity contribution is 14.1. The number of nitrogens with zero attached hydrogens (tertiary/aromatic N) is 2. The van der Waals surface area contributed by atoms with Crippen molar-refractivity contribution in [3.63, 3.8) is 0 Å². The van der Waals surface area contributed by atoms with Gasteiger partial charge < -0.3 is 14.9 Å². The number of rotatable bonds is 4. The van der Waals surface area contributed by atoms with E-state index in [2.05, 4.69) is 9.72 Å². The van der Waals surface area contributed by atoms with Crippen LogP contribution in [0.25, 0.3) is 0 Å². The Morgan fingerprint density at radius 1 is 1.67 bits per heavy atom. The summed E-state index contributed by atoms with van der Waals surface area (Å²) in [7, 11) is 1.12. The van der Waals surface area contributed by atoms with Crippen LogP contribution in [0.15, 0.2) is 6.07 Å². The topological polar surface area (TPSA) is 82.3 Å². The maximum atomic E-state index is 12.7. The van der Waals surface area contributed by atoms with Crippen LogP contribution in [-0.2, 0) is 16.0 Å². The number of esters is 1. The monoisotopic (exact) mass is 372 g/mol. The fraction of sp³-hybridized carbons (Fsp3) is 0.333. The molecule has 1 aromatic heterocycles. The van der Waals surface area contributed by atoms with Crippen LogP contribution in [0.5, 0.6) is 0 Å². The number of alkyl halides is 2. The Morgan fingerprint density at radius 3 is 2.72 bits per heavy atom. The van der Waals surface area contributed by atoms with E-state index in [1.165, 1.54) is 22.6 Å². The number of hydrogen-bond donors (Lipinski definition) is 0. The van der Waals surface area contributed by atoms with E-state index >= 15 is 0 Å². The number of pyridine rings is 1. The first kappa shape index (κ1) is 14.7. The SMILES string of the molecule is COC(=O)Cc1cc(C(F)F)c(I)c([N+](=O)[O-])n1. The largest absolute Gasteiger partial charge is 0.469 e. The smallest absolute Gasteiger partial charge is 0.377 e. The van der Waals surface area contributed by atoms with E-state index in [4.69, 9.17) is 0 Å². The minimum atomic E-state index is -2.88. The number of carbonyl (C=O) groups excluding carboxylic acids is 1. The minimum Gasteiger partial charge on any atom is -0.469 e. The van der Waals surface area contributed by atoms with Crippen LogP contribution in [0.2, 0.25) is 0 Å². The highest BCUT2D eigenvalue weighted by Crippen LogP contribution is 2.30. The van der Waals surface area contributed by atoms with E-state index < -0.39 is 35.1 Å². The van der Waals surface area contributed by atoms with E-state index in [-0.39, 0.29) is 9.26 Å². The molecule has 98 valence electrons. The molecule has 6 nitrogen and oxygen atoms in total. The van der Waals surface area contributed by atoms with E-state index in [0.29, 0.717) is 0 Å². The van der Waals surface area contributed by atoms with Crippen LogP contribution < -0.4 is 0 Å². The number of halogens is 3. The number of aromatic nitrogens is 1. The van der Waals surface area contributed by atoms with Gasteiger partial charge in [-0.2, -0.15) is 0 Å². The lowest BCUT2D eigenvalue weighted by Crippen LogP contribution is -2.09. The zero-order chi connectivity index (χ0) is 13.9. The van der Waals surface area contributed by atoms with Crippen LogP contribution in [-0.4, -0.2) is 23.0 Å². The van der Waals surface area contributed by atoms with Crippen molar-refractivity contribution < 1.29 is 23.2 Å². The number of nitro groups is 1. The molecule has 0 atom stereocenters. The van der Waals surface area contributed by atoms with Crippen LogP contribution in [0, 0.1) is 13.7 Å². The second-order valence-electron chi connectivity index (χ2n) is 3.15. The molecule has 0 amide bonds. The summed E-state index contributed by atoms with van der Waals surface area (Å²) in [6, 6.07) is 0.969. The molecule has 0 bridgehead atoms. The fourth-order valence-electron chi connectivity index (χ4n) is 1.18. The molecule has 0 N–H and O–H groups in total. The van der Waals surface area contributed by atoms with Crippen molar-refractivity contribution >= 4 is 34.4 Å². The Balaban J connectivity index is 3.29. The predicted octanol–water partition coefficient (Wildman–Crippen LogP) is 2.25. The van der Waals surface area contributed by atoms with Gasteiger partial charge >= 0.3 is 11.8 Å². The normalized spacial score (nSPS) is 10.5. The van der Waals surface area contributed by atoms with Crippen molar-refractivity contribution in [3.8, 4) is 0 Å². The molecule has 0 aliphatic rings. The first-order chi connectivity index (χ1) is 8.36. The Hall–Kier alpha value is -1.39. The van der Waals surface area contributed by atoms with Crippen LogP contribution in [0.1, 0.15) is 17.7 Å². The van der Waals surface area contributed by atoms with Crippen molar-refractivity contribution in [1.82, 2.24) is 4.98 Å². The lowest BCUT2D eigenvalue weighted by atomic mass is 10.2. The molecule has 0 unspecified atom stereocenters. The molecule has 18 heavy (non-hydrogen) atoms. The molecule has 1 aromatic rings. The molecule has 0 radical (unpaired) electrons. The van der Waals surface area contributed by atoms with Crippen LogP contribution in [0.4, 0.5) is 14.6 Å². The lowest BCUT2D eigenvalue weighted by molar-refractivity contribution is -0.390. The summed E-state index contributed by atoms with van der Waals surface area (Å²) in [5.41, 5.74) is -0.638. The number of methoxy groups -OCH3 is 1. The number of ether oxygens (including phenoxy) is 1. The molecule has 0 fully saturated rings. The summed E-state index contributed by atoms with van der Waals surface area (Å²) in [6.45, 7) is 0. The van der Waals surface area contributed by atoms with Gasteiger partial charge in [-0.3, -0.25) is 4.79 Å². The van der Waals surface area contributed by atoms with Gasteiger partial charge in [0.05, 0.1) is 7.11 Å². The average Bonchev–Trinajstić information content (AvgIpc) is 2.30. The molecular formula is C9H7F2IN2O4. The van der Waals surface area contributed by atoms with Gasteiger partial charge in [-0.25, -0.2) is 8.78 Å². The van der Waals surface area contributed by atoms with E-state index in [0.717, 1.165) is 13.2 Å². The second-order valence-corrected chi connectivity index (χ2v) is 4.23. The quantitative estimate of drug-likeness (QED) is 0.351. The molecule has 1 rings (SSSR count). The Bertz CT molecular complexity index is 496. The Morgan fingerprint density at radius 2 is 2.28 bits per heavy atom. The third-order valence-corrected chi connectivity index (χ3v) is 3.09. The second kappa shape index (κ2) is 5.98. The summed E-state index contributed by atoms with van der Waals surface area (Å²) >= 11 is 1.43. The van der Waals surface area contributed by atoms with Gasteiger partial charge in [0.1, 0.15) is 9.99 Å². The molecule has 0 aliphatic heterocycles. The van der Waals surface area contributed by atoms with Crippen molar-refractivity contribution in [2.24, 2.45) is 0 Å². The molecule has 9 heteroatoms. The first-order valence-corrected chi connectivity index (χ1v) is 5.63. The van der Waals surface area contributed by atoms with E-state index in [1.54, 1.807) is 0 Å². The molecule has 0 saturated carbocycles. The molecule has 0 saturated heterocycles. The summed E-state index contributed by atoms with van der Waals surface area (Å²) in [5.74, 6) is -1.40. The van der Waals surface area contributed by atoms with E-state index in [1.807, 2.05) is 0 Å². The summed E-state index contributed by atoms with van der Waals surface area (Å²) in [4.78, 5) is 24.4.